The van der Waals surface area contributed by atoms with Crippen molar-refractivity contribution in [1.29, 1.82) is 0 Å². The minimum Gasteiger partial charge on any atom is -0.464 e. The molecule has 6 nitrogen and oxygen atoms in total. The van der Waals surface area contributed by atoms with Crippen molar-refractivity contribution >= 4 is 16.9 Å². The van der Waals surface area contributed by atoms with Crippen molar-refractivity contribution in [3.05, 3.63) is 83.3 Å². The second kappa shape index (κ2) is 11.1. The van der Waals surface area contributed by atoms with Gasteiger partial charge in [0.1, 0.15) is 5.58 Å². The summed E-state index contributed by atoms with van der Waals surface area (Å²) in [6, 6.07) is 15.6. The lowest BCUT2D eigenvalue weighted by molar-refractivity contribution is -0.156. The maximum Gasteiger partial charge on any atom is 0.288 e. The number of allylic oxidation sites excluding steroid dienone is 1. The number of hydrogen-bond acceptors (Lipinski definition) is 5. The maximum absolute atomic E-state index is 13.5. The van der Waals surface area contributed by atoms with Gasteiger partial charge in [-0.25, -0.2) is 0 Å². The number of para-hydroxylation sites is 1. The highest BCUT2D eigenvalue weighted by Crippen LogP contribution is 2.37. The lowest BCUT2D eigenvalue weighted by Gasteiger charge is -2.32. The third-order valence-corrected chi connectivity index (χ3v) is 6.96. The molecular weight excluding hydrogens is 442 g/mol. The first kappa shape index (κ1) is 23.6. The molecule has 2 aromatic carbocycles. The summed E-state index contributed by atoms with van der Waals surface area (Å²) in [5, 5.41) is 10.3. The van der Waals surface area contributed by atoms with Crippen LogP contribution in [0.5, 0.6) is 0 Å². The van der Waals surface area contributed by atoms with E-state index in [2.05, 4.69) is 6.07 Å². The van der Waals surface area contributed by atoms with Crippen LogP contribution in [-0.4, -0.2) is 35.3 Å². The van der Waals surface area contributed by atoms with E-state index in [4.69, 9.17) is 13.9 Å². The number of ether oxygens (including phenoxy) is 2. The summed E-state index contributed by atoms with van der Waals surface area (Å²) in [5.41, 5.74) is 3.73. The number of benzene rings is 2. The zero-order valence-corrected chi connectivity index (χ0v) is 20.0. The van der Waals surface area contributed by atoms with E-state index < -0.39 is 6.29 Å². The van der Waals surface area contributed by atoms with E-state index in [9.17, 15) is 9.90 Å². The lowest BCUT2D eigenvalue weighted by atomic mass is 9.92. The van der Waals surface area contributed by atoms with Crippen LogP contribution in [0.2, 0.25) is 0 Å². The molecule has 2 aliphatic rings. The van der Waals surface area contributed by atoms with Gasteiger partial charge in [0.15, 0.2) is 5.76 Å². The lowest BCUT2D eigenvalue weighted by Crippen LogP contribution is -2.38. The Morgan fingerprint density at radius 2 is 1.69 bits per heavy atom. The molecule has 0 spiro atoms. The standard InChI is InChI=1S/C29H33NO5/c31-18-21-10-12-22(13-11-21)19-34-28-17-23(25-20-33-26-9-5-4-8-24(25)26)16-27(35-28)29(32)30-14-6-2-1-3-7-15-30/h4-5,8-13,16,20,23,28,31H,1-3,6-7,14-15,17-19H2/t23-,28+/m1/s1. The van der Waals surface area contributed by atoms with Crippen molar-refractivity contribution in [3.63, 3.8) is 0 Å². The summed E-state index contributed by atoms with van der Waals surface area (Å²) in [6.07, 6.45) is 9.40. The highest BCUT2D eigenvalue weighted by Gasteiger charge is 2.32. The van der Waals surface area contributed by atoms with Gasteiger partial charge in [-0.15, -0.1) is 0 Å². The molecule has 1 saturated heterocycles. The van der Waals surface area contributed by atoms with E-state index in [1.54, 1.807) is 6.26 Å². The highest BCUT2D eigenvalue weighted by atomic mass is 16.7. The van der Waals surface area contributed by atoms with Gasteiger partial charge in [0, 0.05) is 36.4 Å². The van der Waals surface area contributed by atoms with Crippen molar-refractivity contribution in [3.8, 4) is 0 Å². The first-order valence-corrected chi connectivity index (χ1v) is 12.7. The molecule has 1 aromatic heterocycles. The van der Waals surface area contributed by atoms with Crippen LogP contribution in [0.1, 0.15) is 61.1 Å². The molecule has 2 aliphatic heterocycles. The highest BCUT2D eigenvalue weighted by molar-refractivity contribution is 5.92. The Kier molecular flexibility index (Phi) is 7.50. The summed E-state index contributed by atoms with van der Waals surface area (Å²) >= 11 is 0. The number of amides is 1. The molecule has 3 aromatic rings. The summed E-state index contributed by atoms with van der Waals surface area (Å²) in [7, 11) is 0. The van der Waals surface area contributed by atoms with Gasteiger partial charge in [-0.1, -0.05) is 61.7 Å². The van der Waals surface area contributed by atoms with E-state index in [1.807, 2.05) is 53.4 Å². The molecule has 0 unspecified atom stereocenters. The molecule has 184 valence electrons. The molecule has 6 heteroatoms. The van der Waals surface area contributed by atoms with Gasteiger partial charge in [-0.2, -0.15) is 0 Å². The number of rotatable bonds is 6. The number of hydrogen-bond donors (Lipinski definition) is 1. The van der Waals surface area contributed by atoms with Crippen molar-refractivity contribution < 1.29 is 23.8 Å². The number of aliphatic hydroxyl groups is 1. The second-order valence-electron chi connectivity index (χ2n) is 9.45. The van der Waals surface area contributed by atoms with Gasteiger partial charge in [0.2, 0.25) is 6.29 Å². The van der Waals surface area contributed by atoms with E-state index in [0.717, 1.165) is 66.4 Å². The second-order valence-corrected chi connectivity index (χ2v) is 9.45. The van der Waals surface area contributed by atoms with Gasteiger partial charge in [-0.05, 0) is 36.1 Å². The molecule has 1 fully saturated rings. The zero-order valence-electron chi connectivity index (χ0n) is 20.0. The van der Waals surface area contributed by atoms with E-state index in [-0.39, 0.29) is 18.4 Å². The summed E-state index contributed by atoms with van der Waals surface area (Å²) in [5.74, 6) is 0.265. The zero-order chi connectivity index (χ0) is 24.0. The molecule has 5 rings (SSSR count). The maximum atomic E-state index is 13.5. The van der Waals surface area contributed by atoms with Crippen LogP contribution in [0.4, 0.5) is 0 Å². The molecule has 0 radical (unpaired) electrons. The van der Waals surface area contributed by atoms with Crippen LogP contribution in [0.3, 0.4) is 0 Å². The molecule has 1 amide bonds. The van der Waals surface area contributed by atoms with Crippen molar-refractivity contribution in [2.45, 2.75) is 63.9 Å². The molecule has 1 N–H and O–H groups in total. The third kappa shape index (κ3) is 5.60. The summed E-state index contributed by atoms with van der Waals surface area (Å²) in [4.78, 5) is 15.5. The molecule has 3 heterocycles. The van der Waals surface area contributed by atoms with Crippen LogP contribution < -0.4 is 0 Å². The van der Waals surface area contributed by atoms with Gasteiger partial charge >= 0.3 is 0 Å². The van der Waals surface area contributed by atoms with E-state index >= 15 is 0 Å². The van der Waals surface area contributed by atoms with Crippen LogP contribution in [0.15, 0.2) is 71.0 Å². The van der Waals surface area contributed by atoms with E-state index in [0.29, 0.717) is 18.8 Å². The number of furan rings is 1. The van der Waals surface area contributed by atoms with Gasteiger partial charge in [0.25, 0.3) is 5.91 Å². The van der Waals surface area contributed by atoms with Crippen molar-refractivity contribution in [1.82, 2.24) is 4.90 Å². The SMILES string of the molecule is O=C(C1=C[C@@H](c2coc3ccccc23)C[C@@H](OCc2ccc(CO)cc2)O1)N1CCCCCCC1. The Morgan fingerprint density at radius 3 is 2.46 bits per heavy atom. The molecule has 2 atom stereocenters. The predicted octanol–water partition coefficient (Wildman–Crippen LogP) is 5.65. The molecular formula is C29H33NO5. The van der Waals surface area contributed by atoms with Crippen LogP contribution in [0, 0.1) is 0 Å². The Hall–Kier alpha value is -3.09. The predicted molar refractivity (Wildman–Crippen MR) is 133 cm³/mol. The molecule has 0 bridgehead atoms. The largest absolute Gasteiger partial charge is 0.464 e. The Balaban J connectivity index is 1.38. The quantitative estimate of drug-likeness (QED) is 0.499. The fraction of sp³-hybridized carbons (Fsp3) is 0.414. The number of carbonyl (C=O) groups is 1. The van der Waals surface area contributed by atoms with E-state index in [1.165, 1.54) is 6.42 Å². The van der Waals surface area contributed by atoms with Gasteiger partial charge < -0.3 is 23.9 Å². The van der Waals surface area contributed by atoms with Crippen molar-refractivity contribution in [2.24, 2.45) is 0 Å². The molecule has 35 heavy (non-hydrogen) atoms. The van der Waals surface area contributed by atoms with Gasteiger partial charge in [0.05, 0.1) is 19.5 Å². The molecule has 0 saturated carbocycles. The number of carbonyl (C=O) groups excluding carboxylic acids is 1. The van der Waals surface area contributed by atoms with Crippen LogP contribution >= 0.6 is 0 Å². The Labute approximate surface area is 206 Å². The smallest absolute Gasteiger partial charge is 0.288 e. The number of nitrogens with zero attached hydrogens (tertiary/aromatic N) is 1. The fourth-order valence-corrected chi connectivity index (χ4v) is 4.95. The topological polar surface area (TPSA) is 72.1 Å². The summed E-state index contributed by atoms with van der Waals surface area (Å²) in [6.45, 7) is 1.91. The first-order chi connectivity index (χ1) is 17.2. The normalized spacial score (nSPS) is 21.2. The third-order valence-electron chi connectivity index (χ3n) is 6.96. The monoisotopic (exact) mass is 475 g/mol. The fourth-order valence-electron chi connectivity index (χ4n) is 4.95. The Morgan fingerprint density at radius 1 is 0.971 bits per heavy atom. The average molecular weight is 476 g/mol. The van der Waals surface area contributed by atoms with Crippen molar-refractivity contribution in [2.75, 3.05) is 13.1 Å². The van der Waals surface area contributed by atoms with Gasteiger partial charge in [-0.3, -0.25) is 4.79 Å². The number of fused-ring (bicyclic) bond motifs is 1. The average Bonchev–Trinajstić information content (AvgIpc) is 3.31. The Bertz CT molecular complexity index is 1160. The number of aliphatic hydroxyl groups excluding tert-OH is 1. The first-order valence-electron chi connectivity index (χ1n) is 12.7. The number of likely N-dealkylation sites (tertiary alicyclic amines) is 1. The molecule has 0 aliphatic carbocycles. The minimum atomic E-state index is -0.551. The van der Waals surface area contributed by atoms with Crippen LogP contribution in [0.25, 0.3) is 11.0 Å². The summed E-state index contributed by atoms with van der Waals surface area (Å²) < 4.78 is 18.1. The minimum absolute atomic E-state index is 0.0139. The van der Waals surface area contributed by atoms with Crippen LogP contribution in [-0.2, 0) is 27.5 Å².